The molecule has 92 valence electrons. The molecule has 6 N–H and O–H groups in total. The molecular formula is C11H23N5. The Kier molecular flexibility index (Phi) is 5.67. The number of hydrogen-bond donors (Lipinski definition) is 4. The molecule has 0 spiro atoms. The summed E-state index contributed by atoms with van der Waals surface area (Å²) in [4.78, 5) is 4.11. The standard InChI is InChI=1S/C11H23N5/c12-10(13)16-11(14)15-8-4-7-9-5-2-1-3-6-9/h9H,1-8H2,(H6,12,13,14,15,16). The van der Waals surface area contributed by atoms with Crippen molar-refractivity contribution in [3.63, 3.8) is 0 Å². The molecule has 0 atom stereocenters. The van der Waals surface area contributed by atoms with Crippen LogP contribution in [0.5, 0.6) is 0 Å². The third-order valence-corrected chi connectivity index (χ3v) is 3.04. The third kappa shape index (κ3) is 5.58. The predicted octanol–water partition coefficient (Wildman–Crippen LogP) is 1.14. The van der Waals surface area contributed by atoms with E-state index in [0.717, 1.165) is 18.9 Å². The Balaban J connectivity index is 2.07. The van der Waals surface area contributed by atoms with Crippen LogP contribution in [0, 0.1) is 11.3 Å². The number of hydrogen-bond acceptors (Lipinski definition) is 2. The molecule has 1 fully saturated rings. The molecule has 0 heterocycles. The largest absolute Gasteiger partial charge is 0.370 e. The van der Waals surface area contributed by atoms with Crippen LogP contribution in [0.3, 0.4) is 0 Å². The average Bonchev–Trinajstić information content (AvgIpc) is 2.25. The number of nitrogens with two attached hydrogens (primary N) is 2. The number of nitrogens with zero attached hydrogens (tertiary/aromatic N) is 1. The molecule has 0 aromatic carbocycles. The van der Waals surface area contributed by atoms with Crippen molar-refractivity contribution >= 4 is 11.9 Å². The van der Waals surface area contributed by atoms with Gasteiger partial charge in [-0.2, -0.15) is 0 Å². The lowest BCUT2D eigenvalue weighted by atomic mass is 9.86. The number of aliphatic imine (C=N–C) groups is 1. The van der Waals surface area contributed by atoms with Crippen molar-refractivity contribution in [1.29, 1.82) is 5.41 Å². The molecule has 0 aliphatic heterocycles. The van der Waals surface area contributed by atoms with Crippen LogP contribution in [0.25, 0.3) is 0 Å². The van der Waals surface area contributed by atoms with Gasteiger partial charge in [0.05, 0.1) is 0 Å². The normalized spacial score (nSPS) is 18.4. The van der Waals surface area contributed by atoms with Crippen LogP contribution in [-0.4, -0.2) is 18.5 Å². The van der Waals surface area contributed by atoms with E-state index >= 15 is 0 Å². The summed E-state index contributed by atoms with van der Waals surface area (Å²) >= 11 is 0. The Morgan fingerprint density at radius 1 is 1.25 bits per heavy atom. The first kappa shape index (κ1) is 12.8. The molecule has 0 aromatic rings. The van der Waals surface area contributed by atoms with E-state index in [-0.39, 0.29) is 11.9 Å². The molecule has 0 unspecified atom stereocenters. The quantitative estimate of drug-likeness (QED) is 0.328. The molecule has 16 heavy (non-hydrogen) atoms. The van der Waals surface area contributed by atoms with Gasteiger partial charge in [-0.1, -0.05) is 32.1 Å². The van der Waals surface area contributed by atoms with Gasteiger partial charge in [0, 0.05) is 6.54 Å². The van der Waals surface area contributed by atoms with E-state index in [4.69, 9.17) is 16.9 Å². The highest BCUT2D eigenvalue weighted by atomic mass is 15.2. The van der Waals surface area contributed by atoms with Gasteiger partial charge >= 0.3 is 0 Å². The molecule has 5 nitrogen and oxygen atoms in total. The minimum Gasteiger partial charge on any atom is -0.370 e. The monoisotopic (exact) mass is 225 g/mol. The highest BCUT2D eigenvalue weighted by Gasteiger charge is 2.12. The van der Waals surface area contributed by atoms with E-state index in [9.17, 15) is 0 Å². The van der Waals surface area contributed by atoms with Gasteiger partial charge in [-0.3, -0.25) is 15.7 Å². The van der Waals surface area contributed by atoms with Crippen LogP contribution in [0.15, 0.2) is 4.99 Å². The number of guanidine groups is 2. The van der Waals surface area contributed by atoms with E-state index in [1.807, 2.05) is 0 Å². The van der Waals surface area contributed by atoms with Crippen LogP contribution in [0.2, 0.25) is 0 Å². The van der Waals surface area contributed by atoms with Gasteiger partial charge in [0.15, 0.2) is 11.9 Å². The van der Waals surface area contributed by atoms with E-state index in [2.05, 4.69) is 10.3 Å². The van der Waals surface area contributed by atoms with Gasteiger partial charge in [-0.25, -0.2) is 0 Å². The zero-order valence-electron chi connectivity index (χ0n) is 9.84. The topological polar surface area (TPSA) is 100 Å². The fourth-order valence-corrected chi connectivity index (χ4v) is 2.23. The molecule has 1 saturated carbocycles. The molecule has 0 amide bonds. The summed E-state index contributed by atoms with van der Waals surface area (Å²) < 4.78 is 0. The van der Waals surface area contributed by atoms with Crippen molar-refractivity contribution in [3.8, 4) is 0 Å². The van der Waals surface area contributed by atoms with E-state index in [1.54, 1.807) is 0 Å². The maximum absolute atomic E-state index is 6.97. The highest BCUT2D eigenvalue weighted by molar-refractivity contribution is 5.95. The second-order valence-corrected chi connectivity index (χ2v) is 4.45. The lowest BCUT2D eigenvalue weighted by molar-refractivity contribution is 0.334. The third-order valence-electron chi connectivity index (χ3n) is 3.04. The summed E-state index contributed by atoms with van der Waals surface area (Å²) in [6, 6.07) is 0. The number of rotatable bonds is 4. The van der Waals surface area contributed by atoms with E-state index in [1.165, 1.54) is 38.5 Å². The SMILES string of the molecule is N=C(N)NC(N)=NCCCC1CCCCC1. The zero-order valence-corrected chi connectivity index (χ0v) is 9.84. The highest BCUT2D eigenvalue weighted by Crippen LogP contribution is 2.27. The Hall–Kier alpha value is -1.26. The van der Waals surface area contributed by atoms with Crippen molar-refractivity contribution in [2.45, 2.75) is 44.9 Å². The second-order valence-electron chi connectivity index (χ2n) is 4.45. The summed E-state index contributed by atoms with van der Waals surface area (Å²) in [7, 11) is 0. The summed E-state index contributed by atoms with van der Waals surface area (Å²) in [5.74, 6) is 0.982. The first-order chi connectivity index (χ1) is 7.68. The van der Waals surface area contributed by atoms with Gasteiger partial charge in [0.25, 0.3) is 0 Å². The Morgan fingerprint density at radius 2 is 1.94 bits per heavy atom. The lowest BCUT2D eigenvalue weighted by Crippen LogP contribution is -2.40. The van der Waals surface area contributed by atoms with Crippen LogP contribution >= 0.6 is 0 Å². The Morgan fingerprint density at radius 3 is 2.56 bits per heavy atom. The molecule has 0 radical (unpaired) electrons. The van der Waals surface area contributed by atoms with Crippen molar-refractivity contribution < 1.29 is 0 Å². The van der Waals surface area contributed by atoms with Crippen LogP contribution in [-0.2, 0) is 0 Å². The molecular weight excluding hydrogens is 202 g/mol. The lowest BCUT2D eigenvalue weighted by Gasteiger charge is -2.20. The van der Waals surface area contributed by atoms with Crippen LogP contribution < -0.4 is 16.8 Å². The van der Waals surface area contributed by atoms with E-state index in [0.29, 0.717) is 0 Å². The van der Waals surface area contributed by atoms with Crippen LogP contribution in [0.1, 0.15) is 44.9 Å². The maximum Gasteiger partial charge on any atom is 0.195 e. The van der Waals surface area contributed by atoms with Crippen molar-refractivity contribution in [2.75, 3.05) is 6.54 Å². The van der Waals surface area contributed by atoms with Gasteiger partial charge in [0.1, 0.15) is 0 Å². The summed E-state index contributed by atoms with van der Waals surface area (Å²) in [6.45, 7) is 0.725. The smallest absolute Gasteiger partial charge is 0.195 e. The minimum absolute atomic E-state index is 0.159. The van der Waals surface area contributed by atoms with Crippen molar-refractivity contribution in [2.24, 2.45) is 22.4 Å². The predicted molar refractivity (Wildman–Crippen MR) is 67.3 cm³/mol. The van der Waals surface area contributed by atoms with Gasteiger partial charge in [-0.05, 0) is 18.8 Å². The average molecular weight is 225 g/mol. The Labute approximate surface area is 97.2 Å². The first-order valence-electron chi connectivity index (χ1n) is 6.09. The molecule has 1 aliphatic carbocycles. The molecule has 0 saturated heterocycles. The summed E-state index contributed by atoms with van der Waals surface area (Å²) in [5.41, 5.74) is 10.6. The van der Waals surface area contributed by atoms with Gasteiger partial charge in [0.2, 0.25) is 0 Å². The Bertz CT molecular complexity index is 243. The minimum atomic E-state index is -0.159. The maximum atomic E-state index is 6.97. The summed E-state index contributed by atoms with van der Waals surface area (Å²) in [6.07, 6.45) is 9.27. The second kappa shape index (κ2) is 7.09. The summed E-state index contributed by atoms with van der Waals surface area (Å²) in [5, 5.41) is 9.44. The zero-order chi connectivity index (χ0) is 11.8. The number of nitrogens with one attached hydrogen (secondary N) is 2. The molecule has 1 aliphatic rings. The van der Waals surface area contributed by atoms with Crippen molar-refractivity contribution in [3.05, 3.63) is 0 Å². The van der Waals surface area contributed by atoms with E-state index < -0.39 is 0 Å². The fraction of sp³-hybridized carbons (Fsp3) is 0.818. The van der Waals surface area contributed by atoms with Crippen LogP contribution in [0.4, 0.5) is 0 Å². The fourth-order valence-electron chi connectivity index (χ4n) is 2.23. The molecule has 5 heteroatoms. The molecule has 1 rings (SSSR count). The van der Waals surface area contributed by atoms with Gasteiger partial charge < -0.3 is 11.5 Å². The first-order valence-corrected chi connectivity index (χ1v) is 6.09. The van der Waals surface area contributed by atoms with Crippen molar-refractivity contribution in [1.82, 2.24) is 5.32 Å². The molecule has 0 aromatic heterocycles. The van der Waals surface area contributed by atoms with Gasteiger partial charge in [-0.15, -0.1) is 0 Å². The molecule has 0 bridgehead atoms.